The molecule has 1 atom stereocenters. The molecule has 0 aliphatic carbocycles. The summed E-state index contributed by atoms with van der Waals surface area (Å²) in [6.07, 6.45) is 0.986. The Labute approximate surface area is 172 Å². The van der Waals surface area contributed by atoms with E-state index in [0.717, 1.165) is 31.6 Å². The Bertz CT molecular complexity index is 917. The van der Waals surface area contributed by atoms with E-state index in [1.807, 2.05) is 31.0 Å². The standard InChI is InChI=1S/C20H25N3O3S.ClH/c1-15-5-3-4-6-19(15)22-27(25,26)18-9-7-17(8-10-18)20(24)23-12-11-16(14-23)13-21-2;/h3-10,16,21-22H,11-14H2,1-2H3;1H. The smallest absolute Gasteiger partial charge is 0.261 e. The molecule has 8 heteroatoms. The third-order valence-electron chi connectivity index (χ3n) is 4.87. The number of rotatable bonds is 6. The van der Waals surface area contributed by atoms with Crippen molar-refractivity contribution in [1.82, 2.24) is 10.2 Å². The fraction of sp³-hybridized carbons (Fsp3) is 0.350. The van der Waals surface area contributed by atoms with Crippen molar-refractivity contribution in [2.45, 2.75) is 18.2 Å². The lowest BCUT2D eigenvalue weighted by atomic mass is 10.1. The lowest BCUT2D eigenvalue weighted by Crippen LogP contribution is -2.30. The molecule has 0 aromatic heterocycles. The van der Waals surface area contributed by atoms with Gasteiger partial charge in [0, 0.05) is 18.7 Å². The van der Waals surface area contributed by atoms with E-state index in [1.165, 1.54) is 12.1 Å². The molecule has 1 saturated heterocycles. The van der Waals surface area contributed by atoms with Gasteiger partial charge >= 0.3 is 0 Å². The Hall–Kier alpha value is -2.09. The molecule has 152 valence electrons. The van der Waals surface area contributed by atoms with Gasteiger partial charge in [0.25, 0.3) is 15.9 Å². The van der Waals surface area contributed by atoms with Gasteiger partial charge in [0.15, 0.2) is 0 Å². The summed E-state index contributed by atoms with van der Waals surface area (Å²) in [6.45, 7) is 4.21. The molecule has 1 amide bonds. The normalized spacial score (nSPS) is 16.5. The van der Waals surface area contributed by atoms with Gasteiger partial charge < -0.3 is 10.2 Å². The van der Waals surface area contributed by atoms with Crippen molar-refractivity contribution in [1.29, 1.82) is 0 Å². The zero-order chi connectivity index (χ0) is 19.4. The van der Waals surface area contributed by atoms with Gasteiger partial charge in [-0.2, -0.15) is 0 Å². The molecule has 1 heterocycles. The predicted molar refractivity (Wildman–Crippen MR) is 114 cm³/mol. The molecule has 0 spiro atoms. The number of halogens is 1. The topological polar surface area (TPSA) is 78.5 Å². The van der Waals surface area contributed by atoms with Crippen LogP contribution in [0.2, 0.25) is 0 Å². The van der Waals surface area contributed by atoms with E-state index in [2.05, 4.69) is 10.0 Å². The highest BCUT2D eigenvalue weighted by molar-refractivity contribution is 7.92. The van der Waals surface area contributed by atoms with E-state index < -0.39 is 10.0 Å². The molecular weight excluding hydrogens is 398 g/mol. The molecule has 0 radical (unpaired) electrons. The van der Waals surface area contributed by atoms with Crippen LogP contribution in [0.15, 0.2) is 53.4 Å². The number of aryl methyl sites for hydroxylation is 1. The summed E-state index contributed by atoms with van der Waals surface area (Å²) in [7, 11) is -1.79. The summed E-state index contributed by atoms with van der Waals surface area (Å²) in [6, 6.07) is 13.3. The van der Waals surface area contributed by atoms with E-state index in [-0.39, 0.29) is 23.2 Å². The quantitative estimate of drug-likeness (QED) is 0.748. The van der Waals surface area contributed by atoms with Crippen LogP contribution in [0.4, 0.5) is 5.69 Å². The van der Waals surface area contributed by atoms with Crippen molar-refractivity contribution < 1.29 is 13.2 Å². The van der Waals surface area contributed by atoms with Gasteiger partial charge in [0.2, 0.25) is 0 Å². The van der Waals surface area contributed by atoms with Crippen molar-refractivity contribution >= 4 is 34.0 Å². The first kappa shape index (κ1) is 22.2. The van der Waals surface area contributed by atoms with Gasteiger partial charge in [-0.1, -0.05) is 18.2 Å². The van der Waals surface area contributed by atoms with Gasteiger partial charge in [-0.3, -0.25) is 9.52 Å². The van der Waals surface area contributed by atoms with Crippen LogP contribution in [0.3, 0.4) is 0 Å². The van der Waals surface area contributed by atoms with Crippen molar-refractivity contribution in [3.8, 4) is 0 Å². The summed E-state index contributed by atoms with van der Waals surface area (Å²) < 4.78 is 27.8. The molecule has 1 aliphatic rings. The highest BCUT2D eigenvalue weighted by Gasteiger charge is 2.26. The van der Waals surface area contributed by atoms with Gasteiger partial charge in [0.05, 0.1) is 10.6 Å². The van der Waals surface area contributed by atoms with Crippen LogP contribution in [-0.2, 0) is 10.0 Å². The number of hydrogen-bond donors (Lipinski definition) is 2. The third kappa shape index (κ3) is 5.04. The molecule has 1 fully saturated rings. The maximum absolute atomic E-state index is 12.6. The maximum Gasteiger partial charge on any atom is 0.261 e. The molecule has 3 rings (SSSR count). The minimum atomic E-state index is -3.70. The minimum Gasteiger partial charge on any atom is -0.338 e. The van der Waals surface area contributed by atoms with E-state index in [4.69, 9.17) is 0 Å². The summed E-state index contributed by atoms with van der Waals surface area (Å²) in [4.78, 5) is 14.6. The summed E-state index contributed by atoms with van der Waals surface area (Å²) in [5.74, 6) is 0.418. The van der Waals surface area contributed by atoms with Crippen molar-refractivity contribution in [3.63, 3.8) is 0 Å². The van der Waals surface area contributed by atoms with Crippen molar-refractivity contribution in [3.05, 3.63) is 59.7 Å². The molecule has 2 aromatic rings. The van der Waals surface area contributed by atoms with E-state index in [0.29, 0.717) is 17.2 Å². The number of carbonyl (C=O) groups excluding carboxylic acids is 1. The Morgan fingerprint density at radius 2 is 1.82 bits per heavy atom. The van der Waals surface area contributed by atoms with Gasteiger partial charge in [-0.25, -0.2) is 8.42 Å². The van der Waals surface area contributed by atoms with E-state index in [1.54, 1.807) is 24.3 Å². The number of anilines is 1. The molecule has 1 unspecified atom stereocenters. The Morgan fingerprint density at radius 3 is 2.46 bits per heavy atom. The zero-order valence-corrected chi connectivity index (χ0v) is 17.6. The fourth-order valence-corrected chi connectivity index (χ4v) is 4.45. The van der Waals surface area contributed by atoms with E-state index >= 15 is 0 Å². The number of nitrogens with zero attached hydrogens (tertiary/aromatic N) is 1. The van der Waals surface area contributed by atoms with Crippen molar-refractivity contribution in [2.24, 2.45) is 5.92 Å². The highest BCUT2D eigenvalue weighted by atomic mass is 35.5. The number of sulfonamides is 1. The van der Waals surface area contributed by atoms with Crippen LogP contribution >= 0.6 is 12.4 Å². The minimum absolute atomic E-state index is 0. The molecule has 28 heavy (non-hydrogen) atoms. The number of para-hydroxylation sites is 1. The van der Waals surface area contributed by atoms with Crippen LogP contribution in [0.1, 0.15) is 22.3 Å². The molecule has 1 aliphatic heterocycles. The Kier molecular flexibility index (Phi) is 7.46. The first-order valence-electron chi connectivity index (χ1n) is 9.03. The second kappa shape index (κ2) is 9.41. The molecule has 6 nitrogen and oxygen atoms in total. The van der Waals surface area contributed by atoms with Crippen LogP contribution in [0, 0.1) is 12.8 Å². The summed E-state index contributed by atoms with van der Waals surface area (Å²) in [5, 5.41) is 3.15. The van der Waals surface area contributed by atoms with Crippen LogP contribution in [0.5, 0.6) is 0 Å². The second-order valence-electron chi connectivity index (χ2n) is 6.91. The van der Waals surface area contributed by atoms with Gasteiger partial charge in [-0.15, -0.1) is 12.4 Å². The number of nitrogens with one attached hydrogen (secondary N) is 2. The molecule has 2 aromatic carbocycles. The molecule has 2 N–H and O–H groups in total. The number of amides is 1. The van der Waals surface area contributed by atoms with Crippen LogP contribution < -0.4 is 10.0 Å². The third-order valence-corrected chi connectivity index (χ3v) is 6.25. The second-order valence-corrected chi connectivity index (χ2v) is 8.59. The van der Waals surface area contributed by atoms with Gasteiger partial charge in [-0.05, 0) is 68.8 Å². The first-order valence-corrected chi connectivity index (χ1v) is 10.5. The molecule has 0 bridgehead atoms. The summed E-state index contributed by atoms with van der Waals surface area (Å²) >= 11 is 0. The van der Waals surface area contributed by atoms with Crippen LogP contribution in [0.25, 0.3) is 0 Å². The Morgan fingerprint density at radius 1 is 1.14 bits per heavy atom. The number of carbonyl (C=O) groups is 1. The molecular formula is C20H26ClN3O3S. The monoisotopic (exact) mass is 423 g/mol. The lowest BCUT2D eigenvalue weighted by molar-refractivity contribution is 0.0787. The average molecular weight is 424 g/mol. The number of likely N-dealkylation sites (tertiary alicyclic amines) is 1. The Balaban J connectivity index is 0.00000280. The van der Waals surface area contributed by atoms with Gasteiger partial charge in [0.1, 0.15) is 0 Å². The predicted octanol–water partition coefficient (Wildman–Crippen LogP) is 2.90. The summed E-state index contributed by atoms with van der Waals surface area (Å²) in [5.41, 5.74) is 1.90. The fourth-order valence-electron chi connectivity index (χ4n) is 3.32. The largest absolute Gasteiger partial charge is 0.338 e. The number of benzene rings is 2. The van der Waals surface area contributed by atoms with Crippen LogP contribution in [-0.4, -0.2) is 45.9 Å². The zero-order valence-electron chi connectivity index (χ0n) is 16.0. The highest BCUT2D eigenvalue weighted by Crippen LogP contribution is 2.21. The SMILES string of the molecule is CNCC1CCN(C(=O)c2ccc(S(=O)(=O)Nc3ccccc3C)cc2)C1.Cl. The van der Waals surface area contributed by atoms with Crippen molar-refractivity contribution in [2.75, 3.05) is 31.4 Å². The first-order chi connectivity index (χ1) is 12.9. The molecule has 0 saturated carbocycles. The average Bonchev–Trinajstić information content (AvgIpc) is 3.12. The number of hydrogen-bond acceptors (Lipinski definition) is 4. The lowest BCUT2D eigenvalue weighted by Gasteiger charge is -2.17. The van der Waals surface area contributed by atoms with E-state index in [9.17, 15) is 13.2 Å². The maximum atomic E-state index is 12.6.